The Morgan fingerprint density at radius 3 is 1.90 bits per heavy atom. The zero-order chi connectivity index (χ0) is 15.8. The Kier molecular flexibility index (Phi) is 15.2. The highest BCUT2D eigenvalue weighted by atomic mass is 16.1. The number of carbonyl (C=O) groups excluding carboxylic acids is 1. The van der Waals surface area contributed by atoms with Gasteiger partial charge in [-0.3, -0.25) is 4.79 Å². The van der Waals surface area contributed by atoms with Crippen LogP contribution in [0.1, 0.15) is 44.9 Å². The van der Waals surface area contributed by atoms with E-state index in [0.29, 0.717) is 13.0 Å². The molecule has 0 aliphatic rings. The predicted octanol–water partition coefficient (Wildman–Crippen LogP) is 0.0114. The van der Waals surface area contributed by atoms with Gasteiger partial charge in [0.2, 0.25) is 5.91 Å². The van der Waals surface area contributed by atoms with E-state index in [2.05, 4.69) is 10.2 Å². The molecule has 0 rings (SSSR count). The van der Waals surface area contributed by atoms with Crippen LogP contribution in [0.15, 0.2) is 0 Å². The largest absolute Gasteiger partial charge is 0.356 e. The molecule has 126 valence electrons. The second-order valence-electron chi connectivity index (χ2n) is 5.43. The monoisotopic (exact) mass is 301 g/mol. The molecule has 0 radical (unpaired) electrons. The van der Waals surface area contributed by atoms with Gasteiger partial charge in [-0.25, -0.2) is 0 Å². The van der Waals surface area contributed by atoms with Crippen molar-refractivity contribution in [3.05, 3.63) is 0 Å². The van der Waals surface area contributed by atoms with Gasteiger partial charge in [0.25, 0.3) is 0 Å². The van der Waals surface area contributed by atoms with Gasteiger partial charge >= 0.3 is 0 Å². The van der Waals surface area contributed by atoms with Crippen LogP contribution in [0, 0.1) is 0 Å². The van der Waals surface area contributed by atoms with Crippen LogP contribution in [0.25, 0.3) is 0 Å². The highest BCUT2D eigenvalue weighted by Crippen LogP contribution is 1.99. The topological polar surface area (TPSA) is 110 Å². The summed E-state index contributed by atoms with van der Waals surface area (Å²) < 4.78 is 0. The molecule has 0 aliphatic carbocycles. The first-order valence-electron chi connectivity index (χ1n) is 8.33. The van der Waals surface area contributed by atoms with Gasteiger partial charge in [0.05, 0.1) is 0 Å². The van der Waals surface area contributed by atoms with Crippen LogP contribution >= 0.6 is 0 Å². The first-order valence-corrected chi connectivity index (χ1v) is 8.33. The second kappa shape index (κ2) is 15.7. The normalized spacial score (nSPS) is 11.0. The number of hydrogen-bond donors (Lipinski definition) is 4. The van der Waals surface area contributed by atoms with Crippen molar-refractivity contribution in [2.24, 2.45) is 17.2 Å². The van der Waals surface area contributed by atoms with Crippen LogP contribution in [0.2, 0.25) is 0 Å². The lowest BCUT2D eigenvalue weighted by Crippen LogP contribution is -2.32. The summed E-state index contributed by atoms with van der Waals surface area (Å²) in [5.41, 5.74) is 16.5. The molecule has 0 atom stereocenters. The van der Waals surface area contributed by atoms with Gasteiger partial charge in [-0.15, -0.1) is 0 Å². The number of hydrogen-bond acceptors (Lipinski definition) is 5. The second-order valence-corrected chi connectivity index (χ2v) is 5.43. The first-order chi connectivity index (χ1) is 10.2. The molecule has 0 fully saturated rings. The van der Waals surface area contributed by atoms with E-state index in [0.717, 1.165) is 77.8 Å². The Labute approximate surface area is 129 Å². The number of amides is 1. The van der Waals surface area contributed by atoms with E-state index in [1.807, 2.05) is 0 Å². The Morgan fingerprint density at radius 1 is 0.762 bits per heavy atom. The van der Waals surface area contributed by atoms with E-state index < -0.39 is 0 Å². The molecule has 7 N–H and O–H groups in total. The number of nitrogens with zero attached hydrogens (tertiary/aromatic N) is 1. The predicted molar refractivity (Wildman–Crippen MR) is 88.9 cm³/mol. The van der Waals surface area contributed by atoms with Crippen molar-refractivity contribution in [2.45, 2.75) is 44.9 Å². The van der Waals surface area contributed by atoms with E-state index in [1.54, 1.807) is 0 Å². The lowest BCUT2D eigenvalue weighted by Gasteiger charge is -2.21. The maximum atomic E-state index is 11.6. The smallest absolute Gasteiger partial charge is 0.219 e. The van der Waals surface area contributed by atoms with Gasteiger partial charge in [-0.05, 0) is 71.4 Å². The highest BCUT2D eigenvalue weighted by molar-refractivity contribution is 5.75. The third-order valence-electron chi connectivity index (χ3n) is 3.44. The molecule has 0 unspecified atom stereocenters. The molecular weight excluding hydrogens is 266 g/mol. The van der Waals surface area contributed by atoms with E-state index >= 15 is 0 Å². The highest BCUT2D eigenvalue weighted by Gasteiger charge is 2.05. The first kappa shape index (κ1) is 20.3. The van der Waals surface area contributed by atoms with E-state index in [4.69, 9.17) is 17.2 Å². The Bertz CT molecular complexity index is 230. The van der Waals surface area contributed by atoms with Gasteiger partial charge in [-0.1, -0.05) is 6.42 Å². The summed E-state index contributed by atoms with van der Waals surface area (Å²) in [6, 6.07) is 0. The summed E-state index contributed by atoms with van der Waals surface area (Å²) in [5, 5.41) is 2.98. The minimum absolute atomic E-state index is 0.155. The summed E-state index contributed by atoms with van der Waals surface area (Å²) in [7, 11) is 0. The fraction of sp³-hybridized carbons (Fsp3) is 0.933. The van der Waals surface area contributed by atoms with Gasteiger partial charge in [-0.2, -0.15) is 0 Å². The minimum Gasteiger partial charge on any atom is -0.356 e. The average molecular weight is 301 g/mol. The number of rotatable bonds is 15. The molecule has 6 heteroatoms. The van der Waals surface area contributed by atoms with E-state index in [9.17, 15) is 4.79 Å². The van der Waals surface area contributed by atoms with Gasteiger partial charge in [0.1, 0.15) is 0 Å². The van der Waals surface area contributed by atoms with Crippen LogP contribution in [0.4, 0.5) is 0 Å². The van der Waals surface area contributed by atoms with Crippen molar-refractivity contribution in [1.82, 2.24) is 10.2 Å². The molecule has 0 saturated carbocycles. The van der Waals surface area contributed by atoms with Crippen LogP contribution in [0.3, 0.4) is 0 Å². The molecule has 0 aromatic rings. The third kappa shape index (κ3) is 14.0. The molecule has 0 aromatic carbocycles. The molecule has 0 saturated heterocycles. The summed E-state index contributed by atoms with van der Waals surface area (Å²) in [6.07, 6.45) is 6.59. The quantitative estimate of drug-likeness (QED) is 0.319. The lowest BCUT2D eigenvalue weighted by atomic mass is 10.2. The van der Waals surface area contributed by atoms with Crippen LogP contribution in [0.5, 0.6) is 0 Å². The van der Waals surface area contributed by atoms with Gasteiger partial charge in [0, 0.05) is 13.0 Å². The molecule has 0 aliphatic heterocycles. The zero-order valence-electron chi connectivity index (χ0n) is 13.5. The molecule has 0 spiro atoms. The van der Waals surface area contributed by atoms with Crippen molar-refractivity contribution in [2.75, 3.05) is 45.8 Å². The average Bonchev–Trinajstić information content (AvgIpc) is 2.50. The summed E-state index contributed by atoms with van der Waals surface area (Å²) >= 11 is 0. The van der Waals surface area contributed by atoms with Crippen molar-refractivity contribution in [3.63, 3.8) is 0 Å². The molecule has 6 nitrogen and oxygen atoms in total. The van der Waals surface area contributed by atoms with Crippen molar-refractivity contribution >= 4 is 5.91 Å². The number of nitrogens with one attached hydrogen (secondary N) is 1. The van der Waals surface area contributed by atoms with Gasteiger partial charge in [0.15, 0.2) is 0 Å². The lowest BCUT2D eigenvalue weighted by molar-refractivity contribution is -0.121. The maximum absolute atomic E-state index is 11.6. The molecule has 0 heterocycles. The van der Waals surface area contributed by atoms with E-state index in [-0.39, 0.29) is 5.91 Å². The molecular formula is C15H35N5O. The summed E-state index contributed by atoms with van der Waals surface area (Å²) in [5.74, 6) is 0.155. The summed E-state index contributed by atoms with van der Waals surface area (Å²) in [6.45, 7) is 5.93. The fourth-order valence-corrected chi connectivity index (χ4v) is 2.19. The van der Waals surface area contributed by atoms with Crippen molar-refractivity contribution < 1.29 is 4.79 Å². The minimum atomic E-state index is 0.155. The van der Waals surface area contributed by atoms with E-state index in [1.165, 1.54) is 0 Å². The van der Waals surface area contributed by atoms with Crippen LogP contribution < -0.4 is 22.5 Å². The summed E-state index contributed by atoms with van der Waals surface area (Å²) in [4.78, 5) is 14.0. The number of nitrogens with two attached hydrogens (primary N) is 3. The molecule has 0 bridgehead atoms. The fourth-order valence-electron chi connectivity index (χ4n) is 2.19. The Morgan fingerprint density at radius 2 is 1.33 bits per heavy atom. The zero-order valence-corrected chi connectivity index (χ0v) is 13.5. The van der Waals surface area contributed by atoms with Crippen molar-refractivity contribution in [1.29, 1.82) is 0 Å². The van der Waals surface area contributed by atoms with Gasteiger partial charge < -0.3 is 27.4 Å². The molecule has 21 heavy (non-hydrogen) atoms. The van der Waals surface area contributed by atoms with Crippen molar-refractivity contribution in [3.8, 4) is 0 Å². The Hall–Kier alpha value is -0.690. The third-order valence-corrected chi connectivity index (χ3v) is 3.44. The molecule has 0 aromatic heterocycles. The molecule has 1 amide bonds. The standard InChI is InChI=1S/C15H35N5O/c16-8-3-1-2-7-15(21)19-11-6-14-20(12-4-9-17)13-5-10-18/h1-14,16-18H2,(H,19,21). The number of unbranched alkanes of at least 4 members (excludes halogenated alkanes) is 2. The number of carbonyl (C=O) groups is 1. The van der Waals surface area contributed by atoms with Crippen LogP contribution in [-0.2, 0) is 4.79 Å². The maximum Gasteiger partial charge on any atom is 0.219 e. The van der Waals surface area contributed by atoms with Crippen LogP contribution in [-0.4, -0.2) is 56.6 Å². The SMILES string of the molecule is NCCCCCC(=O)NCCCN(CCCN)CCCN. The Balaban J connectivity index is 3.60.